The Kier molecular flexibility index (Phi) is 4.39. The molecule has 1 aromatic carbocycles. The van der Waals surface area contributed by atoms with E-state index in [1.807, 2.05) is 0 Å². The van der Waals surface area contributed by atoms with E-state index in [0.717, 1.165) is 32.5 Å². The van der Waals surface area contributed by atoms with Crippen LogP contribution in [0.3, 0.4) is 0 Å². The lowest BCUT2D eigenvalue weighted by atomic mass is 10.1. The first-order chi connectivity index (χ1) is 8.72. The van der Waals surface area contributed by atoms with Gasteiger partial charge in [-0.3, -0.25) is 0 Å². The second-order valence-electron chi connectivity index (χ2n) is 5.06. The van der Waals surface area contributed by atoms with Crippen molar-refractivity contribution in [2.24, 2.45) is 5.73 Å². The molecule has 0 aliphatic rings. The minimum absolute atomic E-state index is 0.761. The van der Waals surface area contributed by atoms with E-state index in [9.17, 15) is 0 Å². The minimum atomic E-state index is 0.761. The standard InChI is InChI=1S/C15H23N3/c1-17(2)10-11-18-12-13(6-5-9-16)14-7-3-4-8-15(14)18/h3-4,7-8,12H,5-6,9-11,16H2,1-2H3. The molecule has 2 rings (SSSR count). The van der Waals surface area contributed by atoms with Gasteiger partial charge in [-0.2, -0.15) is 0 Å². The summed E-state index contributed by atoms with van der Waals surface area (Å²) < 4.78 is 2.36. The van der Waals surface area contributed by atoms with E-state index in [0.29, 0.717) is 0 Å². The highest BCUT2D eigenvalue weighted by atomic mass is 15.1. The zero-order valence-electron chi connectivity index (χ0n) is 11.4. The van der Waals surface area contributed by atoms with Crippen LogP contribution in [0.1, 0.15) is 12.0 Å². The molecule has 0 saturated carbocycles. The fourth-order valence-corrected chi connectivity index (χ4v) is 2.31. The number of aryl methyl sites for hydroxylation is 1. The van der Waals surface area contributed by atoms with Crippen molar-refractivity contribution in [3.63, 3.8) is 0 Å². The van der Waals surface area contributed by atoms with Gasteiger partial charge in [0.2, 0.25) is 0 Å². The van der Waals surface area contributed by atoms with Crippen LogP contribution in [0.4, 0.5) is 0 Å². The van der Waals surface area contributed by atoms with Crippen LogP contribution in [0, 0.1) is 0 Å². The summed E-state index contributed by atoms with van der Waals surface area (Å²) in [5.41, 5.74) is 8.38. The van der Waals surface area contributed by atoms with E-state index in [-0.39, 0.29) is 0 Å². The molecule has 3 heteroatoms. The highest BCUT2D eigenvalue weighted by Crippen LogP contribution is 2.22. The average molecular weight is 245 g/mol. The minimum Gasteiger partial charge on any atom is -0.346 e. The number of benzene rings is 1. The van der Waals surface area contributed by atoms with Gasteiger partial charge < -0.3 is 15.2 Å². The molecule has 3 nitrogen and oxygen atoms in total. The molecule has 2 aromatic rings. The van der Waals surface area contributed by atoms with E-state index in [1.165, 1.54) is 16.5 Å². The molecule has 0 fully saturated rings. The normalized spacial score (nSPS) is 11.6. The summed E-state index contributed by atoms with van der Waals surface area (Å²) in [7, 11) is 4.22. The fraction of sp³-hybridized carbons (Fsp3) is 0.467. The number of nitrogens with two attached hydrogens (primary N) is 1. The van der Waals surface area contributed by atoms with Gasteiger partial charge in [0.05, 0.1) is 0 Å². The second kappa shape index (κ2) is 6.03. The second-order valence-corrected chi connectivity index (χ2v) is 5.06. The Labute approximate surface area is 109 Å². The van der Waals surface area contributed by atoms with Crippen LogP contribution >= 0.6 is 0 Å². The summed E-state index contributed by atoms with van der Waals surface area (Å²) in [5, 5.41) is 1.38. The number of nitrogens with zero attached hydrogens (tertiary/aromatic N) is 2. The Balaban J connectivity index is 2.28. The van der Waals surface area contributed by atoms with E-state index in [2.05, 4.69) is 54.0 Å². The first-order valence-electron chi connectivity index (χ1n) is 6.64. The van der Waals surface area contributed by atoms with E-state index in [4.69, 9.17) is 5.73 Å². The van der Waals surface area contributed by atoms with E-state index >= 15 is 0 Å². The molecule has 1 heterocycles. The average Bonchev–Trinajstić information content (AvgIpc) is 2.72. The molecule has 0 amide bonds. The van der Waals surface area contributed by atoms with Gasteiger partial charge in [0, 0.05) is 30.2 Å². The maximum absolute atomic E-state index is 5.61. The Bertz CT molecular complexity index is 499. The van der Waals surface area contributed by atoms with Crippen LogP contribution in [-0.2, 0) is 13.0 Å². The number of hydrogen-bond donors (Lipinski definition) is 1. The van der Waals surface area contributed by atoms with Crippen molar-refractivity contribution in [3.05, 3.63) is 36.0 Å². The molecule has 0 radical (unpaired) electrons. The van der Waals surface area contributed by atoms with Crippen molar-refractivity contribution in [1.29, 1.82) is 0 Å². The van der Waals surface area contributed by atoms with Gasteiger partial charge in [-0.15, -0.1) is 0 Å². The van der Waals surface area contributed by atoms with Crippen LogP contribution in [0.5, 0.6) is 0 Å². The van der Waals surface area contributed by atoms with Gasteiger partial charge in [0.25, 0.3) is 0 Å². The summed E-state index contributed by atoms with van der Waals surface area (Å²) in [6.45, 7) is 2.86. The maximum atomic E-state index is 5.61. The highest BCUT2D eigenvalue weighted by molar-refractivity contribution is 5.83. The number of hydrogen-bond acceptors (Lipinski definition) is 2. The molecule has 18 heavy (non-hydrogen) atoms. The molecule has 0 atom stereocenters. The topological polar surface area (TPSA) is 34.2 Å². The molecule has 0 aliphatic heterocycles. The first-order valence-corrected chi connectivity index (χ1v) is 6.64. The molecule has 0 bridgehead atoms. The van der Waals surface area contributed by atoms with Gasteiger partial charge in [-0.05, 0) is 45.1 Å². The fourth-order valence-electron chi connectivity index (χ4n) is 2.31. The number of rotatable bonds is 6. The van der Waals surface area contributed by atoms with Gasteiger partial charge in [-0.25, -0.2) is 0 Å². The number of aromatic nitrogens is 1. The molecular formula is C15H23N3. The molecule has 1 aromatic heterocycles. The van der Waals surface area contributed by atoms with Crippen molar-refractivity contribution in [1.82, 2.24) is 9.47 Å². The molecule has 2 N–H and O–H groups in total. The van der Waals surface area contributed by atoms with Crippen molar-refractivity contribution in [3.8, 4) is 0 Å². The predicted molar refractivity (Wildman–Crippen MR) is 77.9 cm³/mol. The van der Waals surface area contributed by atoms with Gasteiger partial charge in [0.1, 0.15) is 0 Å². The van der Waals surface area contributed by atoms with Crippen molar-refractivity contribution < 1.29 is 0 Å². The number of likely N-dealkylation sites (N-methyl/N-ethyl adjacent to an activating group) is 1. The third-order valence-electron chi connectivity index (χ3n) is 3.31. The van der Waals surface area contributed by atoms with Crippen molar-refractivity contribution >= 4 is 10.9 Å². The lowest BCUT2D eigenvalue weighted by Crippen LogP contribution is -2.17. The summed E-state index contributed by atoms with van der Waals surface area (Å²) in [6, 6.07) is 8.65. The smallest absolute Gasteiger partial charge is 0.0483 e. The Morgan fingerprint density at radius 3 is 2.72 bits per heavy atom. The summed E-state index contributed by atoms with van der Waals surface area (Å²) >= 11 is 0. The molecule has 0 saturated heterocycles. The van der Waals surface area contributed by atoms with E-state index < -0.39 is 0 Å². The van der Waals surface area contributed by atoms with E-state index in [1.54, 1.807) is 0 Å². The quantitative estimate of drug-likeness (QED) is 0.845. The third-order valence-corrected chi connectivity index (χ3v) is 3.31. The van der Waals surface area contributed by atoms with Crippen LogP contribution in [0.15, 0.2) is 30.5 Å². The summed E-state index contributed by atoms with van der Waals surface area (Å²) in [4.78, 5) is 2.22. The van der Waals surface area contributed by atoms with Crippen molar-refractivity contribution in [2.45, 2.75) is 19.4 Å². The lowest BCUT2D eigenvalue weighted by Gasteiger charge is -2.10. The Hall–Kier alpha value is -1.32. The van der Waals surface area contributed by atoms with Crippen LogP contribution < -0.4 is 5.73 Å². The molecule has 0 unspecified atom stereocenters. The van der Waals surface area contributed by atoms with Gasteiger partial charge in [-0.1, -0.05) is 18.2 Å². The molecule has 0 spiro atoms. The third kappa shape index (κ3) is 2.92. The predicted octanol–water partition coefficient (Wildman–Crippen LogP) is 2.09. The largest absolute Gasteiger partial charge is 0.346 e. The highest BCUT2D eigenvalue weighted by Gasteiger charge is 2.07. The van der Waals surface area contributed by atoms with Crippen LogP contribution in [0.25, 0.3) is 10.9 Å². The monoisotopic (exact) mass is 245 g/mol. The zero-order chi connectivity index (χ0) is 13.0. The lowest BCUT2D eigenvalue weighted by molar-refractivity contribution is 0.387. The van der Waals surface area contributed by atoms with Gasteiger partial charge in [0.15, 0.2) is 0 Å². The Morgan fingerprint density at radius 2 is 2.00 bits per heavy atom. The van der Waals surface area contributed by atoms with Crippen LogP contribution in [0.2, 0.25) is 0 Å². The first kappa shape index (κ1) is 13.1. The zero-order valence-corrected chi connectivity index (χ0v) is 11.4. The molecular weight excluding hydrogens is 222 g/mol. The Morgan fingerprint density at radius 1 is 1.22 bits per heavy atom. The van der Waals surface area contributed by atoms with Crippen molar-refractivity contribution in [2.75, 3.05) is 27.2 Å². The summed E-state index contributed by atoms with van der Waals surface area (Å²) in [6.07, 6.45) is 4.43. The van der Waals surface area contributed by atoms with Crippen LogP contribution in [-0.4, -0.2) is 36.7 Å². The maximum Gasteiger partial charge on any atom is 0.0483 e. The number of fused-ring (bicyclic) bond motifs is 1. The van der Waals surface area contributed by atoms with Gasteiger partial charge >= 0.3 is 0 Å². The SMILES string of the molecule is CN(C)CCn1cc(CCCN)c2ccccc21. The molecule has 98 valence electrons. The number of para-hydroxylation sites is 1. The summed E-state index contributed by atoms with van der Waals surface area (Å²) in [5.74, 6) is 0. The molecule has 0 aliphatic carbocycles.